The summed E-state index contributed by atoms with van der Waals surface area (Å²) >= 11 is 0. The highest BCUT2D eigenvalue weighted by molar-refractivity contribution is 5.92. The predicted octanol–water partition coefficient (Wildman–Crippen LogP) is 4.71. The molecule has 35 heavy (non-hydrogen) atoms. The first kappa shape index (κ1) is 24.4. The molecular weight excluding hydrogens is 442 g/mol. The van der Waals surface area contributed by atoms with Gasteiger partial charge in [0, 0.05) is 24.8 Å². The van der Waals surface area contributed by atoms with Crippen LogP contribution in [0.15, 0.2) is 78.9 Å². The number of carboxylic acids is 1. The molecule has 0 aliphatic carbocycles. The Bertz CT molecular complexity index is 1120. The van der Waals surface area contributed by atoms with Gasteiger partial charge in [-0.05, 0) is 80.5 Å². The van der Waals surface area contributed by atoms with Crippen LogP contribution in [0.5, 0.6) is 11.5 Å². The molecule has 7 heteroatoms. The van der Waals surface area contributed by atoms with Crippen molar-refractivity contribution in [2.45, 2.75) is 25.4 Å². The lowest BCUT2D eigenvalue weighted by atomic mass is 10.0. The molecule has 1 aliphatic rings. The molecule has 1 fully saturated rings. The zero-order valence-corrected chi connectivity index (χ0v) is 19.9. The van der Waals surface area contributed by atoms with Gasteiger partial charge in [-0.1, -0.05) is 30.3 Å². The maximum absolute atomic E-state index is 12.7. The Morgan fingerprint density at radius 2 is 1.69 bits per heavy atom. The van der Waals surface area contributed by atoms with E-state index in [1.54, 1.807) is 12.1 Å². The van der Waals surface area contributed by atoms with E-state index in [4.69, 9.17) is 9.84 Å². The topological polar surface area (TPSA) is 82.1 Å². The maximum Gasteiger partial charge on any atom is 0.335 e. The van der Waals surface area contributed by atoms with Gasteiger partial charge in [0.1, 0.15) is 11.5 Å². The number of hydrogen-bond acceptors (Lipinski definition) is 5. The number of aromatic carboxylic acids is 1. The second kappa shape index (κ2) is 11.6. The summed E-state index contributed by atoms with van der Waals surface area (Å²) in [5.74, 6) is 0.521. The quantitative estimate of drug-likeness (QED) is 0.468. The summed E-state index contributed by atoms with van der Waals surface area (Å²) in [7, 11) is 1.99. The summed E-state index contributed by atoms with van der Waals surface area (Å²) < 4.78 is 5.80. The van der Waals surface area contributed by atoms with Crippen molar-refractivity contribution in [1.29, 1.82) is 0 Å². The SMILES string of the molecule is CN(CC(=O)Nc1ccc(Oc2ccccc2)cc1)C1CCCN(Cc2ccc(C(=O)O)cc2)C1. The maximum atomic E-state index is 12.7. The van der Waals surface area contributed by atoms with Crippen LogP contribution in [0, 0.1) is 0 Å². The summed E-state index contributed by atoms with van der Waals surface area (Å²) in [6.45, 7) is 2.95. The van der Waals surface area contributed by atoms with Gasteiger partial charge in [0.25, 0.3) is 0 Å². The Labute approximate surface area is 205 Å². The summed E-state index contributed by atoms with van der Waals surface area (Å²) in [6.07, 6.45) is 2.11. The van der Waals surface area contributed by atoms with E-state index in [0.29, 0.717) is 17.9 Å². The van der Waals surface area contributed by atoms with Crippen LogP contribution in [0.3, 0.4) is 0 Å². The highest BCUT2D eigenvalue weighted by Crippen LogP contribution is 2.23. The van der Waals surface area contributed by atoms with Gasteiger partial charge in [-0.2, -0.15) is 0 Å². The average molecular weight is 474 g/mol. The Balaban J connectivity index is 1.25. The smallest absolute Gasteiger partial charge is 0.335 e. The van der Waals surface area contributed by atoms with Crippen molar-refractivity contribution in [2.24, 2.45) is 0 Å². The minimum atomic E-state index is -0.911. The van der Waals surface area contributed by atoms with Gasteiger partial charge >= 0.3 is 5.97 Å². The molecule has 0 spiro atoms. The van der Waals surface area contributed by atoms with E-state index >= 15 is 0 Å². The molecule has 2 N–H and O–H groups in total. The highest BCUT2D eigenvalue weighted by Gasteiger charge is 2.24. The van der Waals surface area contributed by atoms with Crippen LogP contribution < -0.4 is 10.1 Å². The van der Waals surface area contributed by atoms with Crippen LogP contribution in [0.2, 0.25) is 0 Å². The van der Waals surface area contributed by atoms with Crippen molar-refractivity contribution in [3.8, 4) is 11.5 Å². The standard InChI is InChI=1S/C28H31N3O4/c1-30(24-6-5-17-31(19-24)18-21-9-11-22(12-10-21)28(33)34)20-27(32)29-23-13-15-26(16-14-23)35-25-7-3-2-4-8-25/h2-4,7-16,24H,5-6,17-20H2,1H3,(H,29,32)(H,33,34). The monoisotopic (exact) mass is 473 g/mol. The van der Waals surface area contributed by atoms with Gasteiger partial charge in [0.2, 0.25) is 5.91 Å². The van der Waals surface area contributed by atoms with E-state index in [0.717, 1.165) is 49.5 Å². The molecular formula is C28H31N3O4. The van der Waals surface area contributed by atoms with Crippen LogP contribution in [0.4, 0.5) is 5.69 Å². The van der Waals surface area contributed by atoms with Gasteiger partial charge in [-0.15, -0.1) is 0 Å². The second-order valence-electron chi connectivity index (χ2n) is 8.94. The number of likely N-dealkylation sites (tertiary alicyclic amines) is 1. The number of nitrogens with zero attached hydrogens (tertiary/aromatic N) is 2. The predicted molar refractivity (Wildman–Crippen MR) is 136 cm³/mol. The number of carbonyl (C=O) groups is 2. The summed E-state index contributed by atoms with van der Waals surface area (Å²) in [5.41, 5.74) is 2.13. The first-order valence-electron chi connectivity index (χ1n) is 11.8. The number of rotatable bonds is 9. The summed E-state index contributed by atoms with van der Waals surface area (Å²) in [6, 6.07) is 24.3. The second-order valence-corrected chi connectivity index (χ2v) is 8.94. The molecule has 1 saturated heterocycles. The molecule has 7 nitrogen and oxygen atoms in total. The molecule has 0 aromatic heterocycles. The lowest BCUT2D eigenvalue weighted by Gasteiger charge is -2.37. The number of carboxylic acid groups (broad SMARTS) is 1. The van der Waals surface area contributed by atoms with Gasteiger partial charge in [0.15, 0.2) is 0 Å². The van der Waals surface area contributed by atoms with E-state index in [1.165, 1.54) is 0 Å². The Morgan fingerprint density at radius 1 is 1.00 bits per heavy atom. The fourth-order valence-electron chi connectivity index (χ4n) is 4.33. The van der Waals surface area contributed by atoms with Gasteiger partial charge < -0.3 is 15.2 Å². The van der Waals surface area contributed by atoms with E-state index < -0.39 is 5.97 Å². The van der Waals surface area contributed by atoms with E-state index in [1.807, 2.05) is 73.8 Å². The van der Waals surface area contributed by atoms with Crippen molar-refractivity contribution in [1.82, 2.24) is 9.80 Å². The minimum absolute atomic E-state index is 0.0504. The lowest BCUT2D eigenvalue weighted by Crippen LogP contribution is -2.48. The van der Waals surface area contributed by atoms with Crippen LogP contribution in [0.25, 0.3) is 0 Å². The normalized spacial score (nSPS) is 16.1. The molecule has 4 rings (SSSR count). The van der Waals surface area contributed by atoms with E-state index in [-0.39, 0.29) is 11.9 Å². The molecule has 1 heterocycles. The molecule has 0 radical (unpaired) electrons. The third-order valence-electron chi connectivity index (χ3n) is 6.22. The molecule has 1 aliphatic heterocycles. The van der Waals surface area contributed by atoms with Crippen LogP contribution in [0.1, 0.15) is 28.8 Å². The third-order valence-corrected chi connectivity index (χ3v) is 6.22. The molecule has 3 aromatic carbocycles. The van der Waals surface area contributed by atoms with Crippen molar-refractivity contribution in [2.75, 3.05) is 32.0 Å². The molecule has 1 atom stereocenters. The first-order valence-corrected chi connectivity index (χ1v) is 11.8. The highest BCUT2D eigenvalue weighted by atomic mass is 16.5. The fraction of sp³-hybridized carbons (Fsp3) is 0.286. The van der Waals surface area contributed by atoms with Crippen molar-refractivity contribution >= 4 is 17.6 Å². The van der Waals surface area contributed by atoms with Crippen LogP contribution in [-0.2, 0) is 11.3 Å². The van der Waals surface area contributed by atoms with E-state index in [9.17, 15) is 9.59 Å². The van der Waals surface area contributed by atoms with E-state index in [2.05, 4.69) is 15.1 Å². The third kappa shape index (κ3) is 7.15. The van der Waals surface area contributed by atoms with Crippen LogP contribution in [-0.4, -0.2) is 59.5 Å². The van der Waals surface area contributed by atoms with Crippen molar-refractivity contribution in [3.63, 3.8) is 0 Å². The number of piperidine rings is 1. The fourth-order valence-corrected chi connectivity index (χ4v) is 4.33. The molecule has 182 valence electrons. The molecule has 1 unspecified atom stereocenters. The average Bonchev–Trinajstić information content (AvgIpc) is 2.86. The number of anilines is 1. The van der Waals surface area contributed by atoms with Gasteiger partial charge in [-0.25, -0.2) is 4.79 Å². The number of benzene rings is 3. The van der Waals surface area contributed by atoms with Gasteiger partial charge in [0.05, 0.1) is 12.1 Å². The van der Waals surface area contributed by atoms with Crippen molar-refractivity contribution in [3.05, 3.63) is 90.0 Å². The Kier molecular flexibility index (Phi) is 8.13. The number of amides is 1. The number of likely N-dealkylation sites (N-methyl/N-ethyl adjacent to an activating group) is 1. The summed E-state index contributed by atoms with van der Waals surface area (Å²) in [5, 5.41) is 12.0. The minimum Gasteiger partial charge on any atom is -0.478 e. The summed E-state index contributed by atoms with van der Waals surface area (Å²) in [4.78, 5) is 28.2. The Morgan fingerprint density at radius 3 is 2.37 bits per heavy atom. The molecule has 0 bridgehead atoms. The van der Waals surface area contributed by atoms with Gasteiger partial charge in [-0.3, -0.25) is 14.6 Å². The number of hydrogen-bond donors (Lipinski definition) is 2. The molecule has 0 saturated carbocycles. The first-order chi connectivity index (χ1) is 17.0. The lowest BCUT2D eigenvalue weighted by molar-refractivity contribution is -0.117. The Hall–Kier alpha value is -3.68. The number of ether oxygens (including phenoxy) is 1. The number of para-hydroxylation sites is 1. The largest absolute Gasteiger partial charge is 0.478 e. The molecule has 3 aromatic rings. The van der Waals surface area contributed by atoms with Crippen LogP contribution >= 0.6 is 0 Å². The zero-order valence-electron chi connectivity index (χ0n) is 19.9. The number of carbonyl (C=O) groups excluding carboxylic acids is 1. The molecule has 1 amide bonds. The number of nitrogens with one attached hydrogen (secondary N) is 1. The zero-order chi connectivity index (χ0) is 24.6. The van der Waals surface area contributed by atoms with Crippen molar-refractivity contribution < 1.29 is 19.4 Å².